The van der Waals surface area contributed by atoms with Gasteiger partial charge in [-0.2, -0.15) is 0 Å². The lowest BCUT2D eigenvalue weighted by Crippen LogP contribution is -2.50. The number of aliphatic hydroxyl groups is 1. The highest BCUT2D eigenvalue weighted by atomic mass is 19.1. The fourth-order valence-electron chi connectivity index (χ4n) is 4.92. The van der Waals surface area contributed by atoms with Crippen LogP contribution in [0.1, 0.15) is 37.8 Å². The first kappa shape index (κ1) is 24.3. The summed E-state index contributed by atoms with van der Waals surface area (Å²) in [7, 11) is 0. The number of rotatable bonds is 10. The molecule has 4 rings (SSSR count). The third kappa shape index (κ3) is 5.46. The molecule has 4 N–H and O–H groups in total. The van der Waals surface area contributed by atoms with E-state index in [0.717, 1.165) is 36.7 Å². The number of halogens is 2. The first-order valence-corrected chi connectivity index (χ1v) is 11.8. The number of carbonyl (C=O) groups is 1. The molecule has 1 amide bonds. The van der Waals surface area contributed by atoms with Crippen molar-refractivity contribution in [1.29, 1.82) is 0 Å². The third-order valence-corrected chi connectivity index (χ3v) is 6.73. The maximum atomic E-state index is 13.7. The van der Waals surface area contributed by atoms with Crippen LogP contribution in [0.2, 0.25) is 0 Å². The van der Waals surface area contributed by atoms with Crippen LogP contribution in [0.15, 0.2) is 54.7 Å². The molecule has 0 bridgehead atoms. The van der Waals surface area contributed by atoms with E-state index in [0.29, 0.717) is 11.5 Å². The molecule has 0 spiro atoms. The van der Waals surface area contributed by atoms with Crippen LogP contribution in [-0.4, -0.2) is 36.2 Å². The molecule has 1 heterocycles. The molecule has 4 atom stereocenters. The maximum Gasteiger partial charge on any atom is 0.217 e. The van der Waals surface area contributed by atoms with E-state index < -0.39 is 23.8 Å². The molecule has 6 nitrogen and oxygen atoms in total. The van der Waals surface area contributed by atoms with Crippen molar-refractivity contribution in [2.24, 2.45) is 5.92 Å². The highest BCUT2D eigenvalue weighted by molar-refractivity contribution is 5.73. The van der Waals surface area contributed by atoms with E-state index in [2.05, 4.69) is 41.2 Å². The summed E-state index contributed by atoms with van der Waals surface area (Å²) in [6.45, 7) is 4.53. The van der Waals surface area contributed by atoms with Gasteiger partial charge in [0.15, 0.2) is 0 Å². The quantitative estimate of drug-likeness (QED) is 0.429. The molecule has 182 valence electrons. The SMILES string of the molecule is CCC1CC1(NCC(O)C(Cc1cc(F)cc(F)c1)NC(C)=O)c1cccc(N2C=CCN2)c1. The third-order valence-electron chi connectivity index (χ3n) is 6.73. The van der Waals surface area contributed by atoms with Crippen LogP contribution >= 0.6 is 0 Å². The summed E-state index contributed by atoms with van der Waals surface area (Å²) < 4.78 is 27.3. The first-order valence-electron chi connectivity index (χ1n) is 11.8. The second-order valence-corrected chi connectivity index (χ2v) is 9.19. The molecule has 8 heteroatoms. The normalized spacial score (nSPS) is 23.1. The Balaban J connectivity index is 1.49. The van der Waals surface area contributed by atoms with Gasteiger partial charge in [0.05, 0.1) is 17.8 Å². The fraction of sp³-hybridized carbons (Fsp3) is 0.423. The van der Waals surface area contributed by atoms with Gasteiger partial charge in [-0.3, -0.25) is 9.80 Å². The van der Waals surface area contributed by atoms with Crippen LogP contribution in [0.5, 0.6) is 0 Å². The minimum Gasteiger partial charge on any atom is -0.390 e. The smallest absolute Gasteiger partial charge is 0.217 e. The Bertz CT molecular complexity index is 1040. The van der Waals surface area contributed by atoms with E-state index in [1.807, 2.05) is 23.3 Å². The standard InChI is InChI=1S/C26H32F2N4O2/c1-3-19-15-26(19,20-6-4-7-23(13-20)32-9-5-8-30-32)29-16-25(34)24(31-17(2)33)12-18-10-21(27)14-22(28)11-18/h4-7,9-11,13-14,19,24-25,29-30,34H,3,8,12,15-16H2,1-2H3,(H,31,33). The van der Waals surface area contributed by atoms with Crippen LogP contribution in [-0.2, 0) is 16.8 Å². The Kier molecular flexibility index (Phi) is 7.30. The molecular weight excluding hydrogens is 438 g/mol. The number of hydrazine groups is 1. The summed E-state index contributed by atoms with van der Waals surface area (Å²) in [5, 5.41) is 19.3. The number of hydrogen-bond acceptors (Lipinski definition) is 5. The average Bonchev–Trinajstić information content (AvgIpc) is 3.24. The van der Waals surface area contributed by atoms with Gasteiger partial charge in [-0.25, -0.2) is 14.2 Å². The molecule has 4 unspecified atom stereocenters. The predicted octanol–water partition coefficient (Wildman–Crippen LogP) is 3.13. The highest BCUT2D eigenvalue weighted by Gasteiger charge is 2.54. The lowest BCUT2D eigenvalue weighted by molar-refractivity contribution is -0.120. The van der Waals surface area contributed by atoms with Crippen LogP contribution in [0, 0.1) is 17.6 Å². The summed E-state index contributed by atoms with van der Waals surface area (Å²) in [5.74, 6) is -1.26. The highest BCUT2D eigenvalue weighted by Crippen LogP contribution is 2.54. The number of amides is 1. The Hall–Kier alpha value is -2.81. The Labute approximate surface area is 199 Å². The molecule has 34 heavy (non-hydrogen) atoms. The molecule has 1 aliphatic heterocycles. The zero-order valence-electron chi connectivity index (χ0n) is 19.5. The molecule has 0 saturated heterocycles. The minimum absolute atomic E-state index is 0.115. The molecule has 0 radical (unpaired) electrons. The van der Waals surface area contributed by atoms with Crippen molar-refractivity contribution in [3.8, 4) is 0 Å². The molecule has 1 saturated carbocycles. The van der Waals surface area contributed by atoms with Gasteiger partial charge in [-0.15, -0.1) is 0 Å². The van der Waals surface area contributed by atoms with Gasteiger partial charge in [0.1, 0.15) is 11.6 Å². The molecule has 1 fully saturated rings. The van der Waals surface area contributed by atoms with Gasteiger partial charge < -0.3 is 15.7 Å². The van der Waals surface area contributed by atoms with Crippen LogP contribution < -0.4 is 21.1 Å². The second kappa shape index (κ2) is 10.2. The van der Waals surface area contributed by atoms with Crippen LogP contribution in [0.3, 0.4) is 0 Å². The van der Waals surface area contributed by atoms with Crippen molar-refractivity contribution in [2.75, 3.05) is 18.1 Å². The number of anilines is 1. The largest absolute Gasteiger partial charge is 0.390 e. The van der Waals surface area contributed by atoms with Crippen molar-refractivity contribution >= 4 is 11.6 Å². The van der Waals surface area contributed by atoms with Gasteiger partial charge >= 0.3 is 0 Å². The van der Waals surface area contributed by atoms with E-state index >= 15 is 0 Å². The molecule has 2 aliphatic rings. The van der Waals surface area contributed by atoms with E-state index in [9.17, 15) is 18.7 Å². The molecule has 2 aromatic carbocycles. The van der Waals surface area contributed by atoms with Crippen molar-refractivity contribution < 1.29 is 18.7 Å². The van der Waals surface area contributed by atoms with Gasteiger partial charge in [-0.1, -0.05) is 31.6 Å². The monoisotopic (exact) mass is 470 g/mol. The summed E-state index contributed by atoms with van der Waals surface area (Å²) in [5.41, 5.74) is 5.58. The van der Waals surface area contributed by atoms with Crippen LogP contribution in [0.25, 0.3) is 0 Å². The molecule has 1 aliphatic carbocycles. The van der Waals surface area contributed by atoms with Gasteiger partial charge in [0.2, 0.25) is 5.91 Å². The zero-order chi connectivity index (χ0) is 24.3. The summed E-state index contributed by atoms with van der Waals surface area (Å²) >= 11 is 0. The lowest BCUT2D eigenvalue weighted by atomic mass is 9.97. The maximum absolute atomic E-state index is 13.7. The number of nitrogens with zero attached hydrogens (tertiary/aromatic N) is 1. The van der Waals surface area contributed by atoms with Gasteiger partial charge in [0, 0.05) is 37.8 Å². The Morgan fingerprint density at radius 2 is 2.03 bits per heavy atom. The molecular formula is C26H32F2N4O2. The number of hydrogen-bond donors (Lipinski definition) is 4. The van der Waals surface area contributed by atoms with Crippen molar-refractivity contribution in [1.82, 2.24) is 16.1 Å². The summed E-state index contributed by atoms with van der Waals surface area (Å²) in [6, 6.07) is 10.9. The average molecular weight is 471 g/mol. The Morgan fingerprint density at radius 1 is 1.26 bits per heavy atom. The van der Waals surface area contributed by atoms with Crippen molar-refractivity contribution in [2.45, 2.75) is 50.8 Å². The van der Waals surface area contributed by atoms with Crippen LogP contribution in [0.4, 0.5) is 14.5 Å². The topological polar surface area (TPSA) is 76.6 Å². The van der Waals surface area contributed by atoms with Crippen molar-refractivity contribution in [3.05, 3.63) is 77.5 Å². The van der Waals surface area contributed by atoms with Gasteiger partial charge in [0.25, 0.3) is 0 Å². The Morgan fingerprint density at radius 3 is 2.65 bits per heavy atom. The number of carbonyl (C=O) groups excluding carboxylic acids is 1. The van der Waals surface area contributed by atoms with Gasteiger partial charge in [-0.05, 0) is 54.2 Å². The fourth-order valence-corrected chi connectivity index (χ4v) is 4.92. The molecule has 0 aromatic heterocycles. The lowest BCUT2D eigenvalue weighted by Gasteiger charge is -2.28. The number of aliphatic hydroxyl groups excluding tert-OH is 1. The number of nitrogens with one attached hydrogen (secondary N) is 3. The van der Waals surface area contributed by atoms with E-state index in [-0.39, 0.29) is 24.4 Å². The predicted molar refractivity (Wildman–Crippen MR) is 128 cm³/mol. The minimum atomic E-state index is -0.948. The zero-order valence-corrected chi connectivity index (χ0v) is 19.5. The first-order chi connectivity index (χ1) is 16.3. The second-order valence-electron chi connectivity index (χ2n) is 9.19. The van der Waals surface area contributed by atoms with E-state index in [1.54, 1.807) is 0 Å². The molecule has 2 aromatic rings. The van der Waals surface area contributed by atoms with Crippen molar-refractivity contribution in [3.63, 3.8) is 0 Å². The van der Waals surface area contributed by atoms with E-state index in [4.69, 9.17) is 0 Å². The summed E-state index contributed by atoms with van der Waals surface area (Å²) in [6.07, 6.45) is 5.16. The van der Waals surface area contributed by atoms with E-state index in [1.165, 1.54) is 19.1 Å². The number of benzene rings is 2. The summed E-state index contributed by atoms with van der Waals surface area (Å²) in [4.78, 5) is 11.8.